The summed E-state index contributed by atoms with van der Waals surface area (Å²) in [5.74, 6) is -3.86. The van der Waals surface area contributed by atoms with Crippen molar-refractivity contribution >= 4 is 17.8 Å². The molecule has 16 heavy (non-hydrogen) atoms. The first-order valence-electron chi connectivity index (χ1n) is 4.89. The molecule has 1 saturated carbocycles. The second-order valence-electron chi connectivity index (χ2n) is 4.70. The zero-order chi connectivity index (χ0) is 12.7. The summed E-state index contributed by atoms with van der Waals surface area (Å²) in [7, 11) is 1.36. The van der Waals surface area contributed by atoms with Crippen LogP contribution in [-0.2, 0) is 14.4 Å². The number of amides is 1. The highest BCUT2D eigenvalue weighted by molar-refractivity contribution is 5.92. The fraction of sp³-hybridized carbons (Fsp3) is 0.700. The lowest BCUT2D eigenvalue weighted by Crippen LogP contribution is -2.34. The van der Waals surface area contributed by atoms with E-state index in [0.29, 0.717) is 0 Å². The van der Waals surface area contributed by atoms with Crippen molar-refractivity contribution in [2.75, 3.05) is 13.6 Å². The summed E-state index contributed by atoms with van der Waals surface area (Å²) in [4.78, 5) is 34.1. The van der Waals surface area contributed by atoms with Crippen molar-refractivity contribution in [3.8, 4) is 0 Å². The predicted octanol–water partition coefficient (Wildman–Crippen LogP) is -0.114. The van der Waals surface area contributed by atoms with E-state index in [1.54, 1.807) is 13.8 Å². The van der Waals surface area contributed by atoms with Gasteiger partial charge in [0.05, 0.1) is 11.8 Å². The molecule has 0 aromatic carbocycles. The molecule has 90 valence electrons. The summed E-state index contributed by atoms with van der Waals surface area (Å²) in [6.45, 7) is 2.99. The Labute approximate surface area is 92.9 Å². The van der Waals surface area contributed by atoms with Crippen LogP contribution < -0.4 is 0 Å². The third kappa shape index (κ3) is 2.00. The minimum Gasteiger partial charge on any atom is -0.481 e. The maximum Gasteiger partial charge on any atom is 0.323 e. The van der Waals surface area contributed by atoms with Crippen LogP contribution in [-0.4, -0.2) is 46.6 Å². The van der Waals surface area contributed by atoms with E-state index in [-0.39, 0.29) is 0 Å². The Morgan fingerprint density at radius 3 is 2.00 bits per heavy atom. The predicted molar refractivity (Wildman–Crippen MR) is 53.7 cm³/mol. The van der Waals surface area contributed by atoms with Crippen molar-refractivity contribution < 1.29 is 24.6 Å². The number of carboxylic acids is 2. The third-order valence-electron chi connectivity index (χ3n) is 3.11. The molecule has 0 heterocycles. The van der Waals surface area contributed by atoms with Crippen molar-refractivity contribution in [1.82, 2.24) is 4.90 Å². The molecule has 0 unspecified atom stereocenters. The molecule has 1 rings (SSSR count). The molecule has 0 aliphatic heterocycles. The number of nitrogens with zero attached hydrogens (tertiary/aromatic N) is 1. The highest BCUT2D eigenvalue weighted by Crippen LogP contribution is 2.58. The van der Waals surface area contributed by atoms with E-state index < -0.39 is 41.6 Å². The van der Waals surface area contributed by atoms with E-state index in [1.165, 1.54) is 7.05 Å². The van der Waals surface area contributed by atoms with Crippen molar-refractivity contribution in [2.45, 2.75) is 13.8 Å². The van der Waals surface area contributed by atoms with E-state index in [9.17, 15) is 14.4 Å². The molecule has 1 amide bonds. The van der Waals surface area contributed by atoms with Gasteiger partial charge in [-0.25, -0.2) is 0 Å². The summed E-state index contributed by atoms with van der Waals surface area (Å²) in [5.41, 5.74) is -0.588. The highest BCUT2D eigenvalue weighted by atomic mass is 16.4. The van der Waals surface area contributed by atoms with Crippen LogP contribution in [0.3, 0.4) is 0 Å². The molecule has 1 fully saturated rings. The standard InChI is InChI=1S/C10H15NO5/c1-10(2)6(7(10)9(15)16)8(14)11(3)4-5(12)13/h6-7H,4H2,1-3H3,(H,12,13)(H,15,16)/t6-,7+/m0/s1. The number of carbonyl (C=O) groups excluding carboxylic acids is 1. The fourth-order valence-electron chi connectivity index (χ4n) is 2.08. The second-order valence-corrected chi connectivity index (χ2v) is 4.70. The first-order chi connectivity index (χ1) is 7.19. The van der Waals surface area contributed by atoms with Gasteiger partial charge in [0.15, 0.2) is 0 Å². The second kappa shape index (κ2) is 3.77. The van der Waals surface area contributed by atoms with Gasteiger partial charge in [0, 0.05) is 7.05 Å². The van der Waals surface area contributed by atoms with Crippen molar-refractivity contribution in [1.29, 1.82) is 0 Å². The molecular weight excluding hydrogens is 214 g/mol. The topological polar surface area (TPSA) is 94.9 Å². The van der Waals surface area contributed by atoms with Gasteiger partial charge in [0.1, 0.15) is 6.54 Å². The van der Waals surface area contributed by atoms with Gasteiger partial charge in [-0.15, -0.1) is 0 Å². The number of hydrogen-bond donors (Lipinski definition) is 2. The Hall–Kier alpha value is -1.59. The summed E-state index contributed by atoms with van der Waals surface area (Å²) >= 11 is 0. The maximum absolute atomic E-state index is 11.8. The Bertz CT molecular complexity index is 349. The van der Waals surface area contributed by atoms with Gasteiger partial charge in [0.25, 0.3) is 0 Å². The van der Waals surface area contributed by atoms with E-state index in [2.05, 4.69) is 0 Å². The molecule has 0 radical (unpaired) electrons. The van der Waals surface area contributed by atoms with E-state index >= 15 is 0 Å². The SMILES string of the molecule is CN(CC(=O)O)C(=O)[C@@H]1[C@H](C(=O)O)C1(C)C. The van der Waals surface area contributed by atoms with Gasteiger partial charge >= 0.3 is 11.9 Å². The molecule has 1 aliphatic carbocycles. The van der Waals surface area contributed by atoms with Crippen LogP contribution in [0.25, 0.3) is 0 Å². The molecule has 1 aliphatic rings. The number of carbonyl (C=O) groups is 3. The molecular formula is C10H15NO5. The molecule has 0 aromatic rings. The monoisotopic (exact) mass is 229 g/mol. The number of aliphatic carboxylic acids is 2. The zero-order valence-electron chi connectivity index (χ0n) is 9.43. The van der Waals surface area contributed by atoms with Gasteiger partial charge < -0.3 is 15.1 Å². The van der Waals surface area contributed by atoms with Gasteiger partial charge in [0.2, 0.25) is 5.91 Å². The number of hydrogen-bond acceptors (Lipinski definition) is 3. The van der Waals surface area contributed by atoms with Crippen LogP contribution >= 0.6 is 0 Å². The average Bonchev–Trinajstić information content (AvgIpc) is 2.66. The Kier molecular flexibility index (Phi) is 2.94. The molecule has 0 bridgehead atoms. The molecule has 2 N–H and O–H groups in total. The smallest absolute Gasteiger partial charge is 0.323 e. The fourth-order valence-corrected chi connectivity index (χ4v) is 2.08. The van der Waals surface area contributed by atoms with Gasteiger partial charge in [-0.05, 0) is 5.41 Å². The summed E-state index contributed by atoms with van der Waals surface area (Å²) in [6, 6.07) is 0. The first-order valence-corrected chi connectivity index (χ1v) is 4.89. The van der Waals surface area contributed by atoms with E-state index in [0.717, 1.165) is 4.90 Å². The van der Waals surface area contributed by atoms with Crippen molar-refractivity contribution in [2.24, 2.45) is 17.3 Å². The lowest BCUT2D eigenvalue weighted by atomic mass is 10.1. The van der Waals surface area contributed by atoms with Gasteiger partial charge in [-0.1, -0.05) is 13.8 Å². The Balaban J connectivity index is 2.70. The minimum absolute atomic E-state index is 0.405. The Morgan fingerprint density at radius 2 is 1.69 bits per heavy atom. The summed E-state index contributed by atoms with van der Waals surface area (Å²) in [6.07, 6.45) is 0. The van der Waals surface area contributed by atoms with Gasteiger partial charge in [-0.2, -0.15) is 0 Å². The van der Waals surface area contributed by atoms with Crippen LogP contribution in [0.15, 0.2) is 0 Å². The zero-order valence-corrected chi connectivity index (χ0v) is 9.43. The highest BCUT2D eigenvalue weighted by Gasteiger charge is 2.66. The molecule has 6 nitrogen and oxygen atoms in total. The molecule has 0 saturated heterocycles. The lowest BCUT2D eigenvalue weighted by molar-refractivity contribution is -0.145. The van der Waals surface area contributed by atoms with Gasteiger partial charge in [-0.3, -0.25) is 14.4 Å². The van der Waals surface area contributed by atoms with Crippen molar-refractivity contribution in [3.63, 3.8) is 0 Å². The third-order valence-corrected chi connectivity index (χ3v) is 3.11. The molecule has 0 spiro atoms. The van der Waals surface area contributed by atoms with Crippen LogP contribution in [0.4, 0.5) is 0 Å². The largest absolute Gasteiger partial charge is 0.481 e. The minimum atomic E-state index is -1.11. The van der Waals surface area contributed by atoms with Crippen molar-refractivity contribution in [3.05, 3.63) is 0 Å². The van der Waals surface area contributed by atoms with Crippen LogP contribution in [0.1, 0.15) is 13.8 Å². The number of likely N-dealkylation sites (N-methyl/N-ethyl adjacent to an activating group) is 1. The molecule has 6 heteroatoms. The quantitative estimate of drug-likeness (QED) is 0.701. The number of rotatable bonds is 4. The molecule has 2 atom stereocenters. The Morgan fingerprint density at radius 1 is 1.19 bits per heavy atom. The maximum atomic E-state index is 11.8. The molecule has 0 aromatic heterocycles. The van der Waals surface area contributed by atoms with Crippen LogP contribution in [0.5, 0.6) is 0 Å². The van der Waals surface area contributed by atoms with E-state index in [4.69, 9.17) is 10.2 Å². The normalized spacial score (nSPS) is 25.9. The summed E-state index contributed by atoms with van der Waals surface area (Å²) in [5, 5.41) is 17.4. The first kappa shape index (κ1) is 12.5. The average molecular weight is 229 g/mol. The van der Waals surface area contributed by atoms with Crippen LogP contribution in [0, 0.1) is 17.3 Å². The lowest BCUT2D eigenvalue weighted by Gasteiger charge is -2.15. The van der Waals surface area contributed by atoms with E-state index in [1.807, 2.05) is 0 Å². The van der Waals surface area contributed by atoms with Crippen LogP contribution in [0.2, 0.25) is 0 Å². The number of carboxylic acid groups (broad SMARTS) is 2. The summed E-state index contributed by atoms with van der Waals surface area (Å²) < 4.78 is 0.